The molecule has 0 heterocycles. The van der Waals surface area contributed by atoms with Crippen LogP contribution in [0, 0.1) is 5.92 Å². The summed E-state index contributed by atoms with van der Waals surface area (Å²) in [4.78, 5) is 59.6. The minimum absolute atomic E-state index is 0.113. The standard InChI is InChI=1S/C18H22N2O8/c1-10(21)19-12-7-5-6-11(8-12)16(23)20-15(18(25)28-4)13(17(24)27-3)9-14(22)26-2/h5-8,13,15H,9H2,1-4H3,(H,19,21)(H,20,23)/t13-,15-/m1/s1. The summed E-state index contributed by atoms with van der Waals surface area (Å²) < 4.78 is 13.8. The van der Waals surface area contributed by atoms with Crippen LogP contribution in [0.25, 0.3) is 0 Å². The van der Waals surface area contributed by atoms with E-state index in [4.69, 9.17) is 0 Å². The second-order valence-corrected chi connectivity index (χ2v) is 5.65. The lowest BCUT2D eigenvalue weighted by molar-refractivity contribution is -0.158. The molecule has 1 aromatic rings. The van der Waals surface area contributed by atoms with Crippen molar-refractivity contribution in [1.29, 1.82) is 0 Å². The molecule has 10 heteroatoms. The number of ether oxygens (including phenoxy) is 3. The summed E-state index contributed by atoms with van der Waals surface area (Å²) >= 11 is 0. The fourth-order valence-electron chi connectivity index (χ4n) is 2.37. The number of carbonyl (C=O) groups excluding carboxylic acids is 5. The molecule has 0 aliphatic rings. The number of carbonyl (C=O) groups is 5. The minimum Gasteiger partial charge on any atom is -0.469 e. The second-order valence-electron chi connectivity index (χ2n) is 5.65. The number of amides is 2. The van der Waals surface area contributed by atoms with Crippen LogP contribution >= 0.6 is 0 Å². The highest BCUT2D eigenvalue weighted by molar-refractivity contribution is 6.00. The molecule has 2 amide bonds. The highest BCUT2D eigenvalue weighted by Crippen LogP contribution is 2.16. The number of methoxy groups -OCH3 is 3. The lowest BCUT2D eigenvalue weighted by Gasteiger charge is -2.23. The molecule has 152 valence electrons. The van der Waals surface area contributed by atoms with Crippen LogP contribution in [-0.2, 0) is 33.4 Å². The third-order valence-electron chi connectivity index (χ3n) is 3.71. The molecule has 2 N–H and O–H groups in total. The van der Waals surface area contributed by atoms with E-state index in [-0.39, 0.29) is 11.5 Å². The minimum atomic E-state index is -1.49. The zero-order chi connectivity index (χ0) is 21.3. The zero-order valence-electron chi connectivity index (χ0n) is 15.9. The molecule has 0 spiro atoms. The molecule has 0 aliphatic heterocycles. The van der Waals surface area contributed by atoms with Crippen molar-refractivity contribution in [1.82, 2.24) is 5.32 Å². The fraction of sp³-hybridized carbons (Fsp3) is 0.389. The summed E-state index contributed by atoms with van der Waals surface area (Å²) in [6.45, 7) is 1.31. The van der Waals surface area contributed by atoms with E-state index in [1.807, 2.05) is 0 Å². The molecular weight excluding hydrogens is 372 g/mol. The first-order valence-corrected chi connectivity index (χ1v) is 8.14. The van der Waals surface area contributed by atoms with E-state index in [9.17, 15) is 24.0 Å². The van der Waals surface area contributed by atoms with Gasteiger partial charge in [-0.3, -0.25) is 19.2 Å². The van der Waals surface area contributed by atoms with Gasteiger partial charge in [-0.05, 0) is 18.2 Å². The first kappa shape index (κ1) is 22.6. The topological polar surface area (TPSA) is 137 Å². The van der Waals surface area contributed by atoms with Gasteiger partial charge in [0.25, 0.3) is 5.91 Å². The monoisotopic (exact) mass is 394 g/mol. The molecule has 28 heavy (non-hydrogen) atoms. The Morgan fingerprint density at radius 2 is 1.61 bits per heavy atom. The molecule has 0 radical (unpaired) electrons. The first-order chi connectivity index (χ1) is 13.2. The predicted molar refractivity (Wildman–Crippen MR) is 96.2 cm³/mol. The van der Waals surface area contributed by atoms with Crippen LogP contribution < -0.4 is 10.6 Å². The lowest BCUT2D eigenvalue weighted by Crippen LogP contribution is -2.50. The zero-order valence-corrected chi connectivity index (χ0v) is 15.9. The average Bonchev–Trinajstić information content (AvgIpc) is 2.68. The van der Waals surface area contributed by atoms with Gasteiger partial charge in [-0.25, -0.2) is 4.79 Å². The number of rotatable bonds is 8. The van der Waals surface area contributed by atoms with Crippen molar-refractivity contribution >= 4 is 35.4 Å². The summed E-state index contributed by atoms with van der Waals surface area (Å²) in [6, 6.07) is 4.44. The van der Waals surface area contributed by atoms with Crippen LogP contribution in [0.15, 0.2) is 24.3 Å². The Hall–Kier alpha value is -3.43. The predicted octanol–water partition coefficient (Wildman–Crippen LogP) is 0.269. The highest BCUT2D eigenvalue weighted by Gasteiger charge is 2.38. The van der Waals surface area contributed by atoms with Crippen LogP contribution in [-0.4, -0.2) is 57.1 Å². The van der Waals surface area contributed by atoms with Crippen LogP contribution in [0.2, 0.25) is 0 Å². The molecule has 1 rings (SSSR count). The van der Waals surface area contributed by atoms with Gasteiger partial charge in [0.1, 0.15) is 6.04 Å². The van der Waals surface area contributed by atoms with E-state index in [1.165, 1.54) is 25.1 Å². The second kappa shape index (κ2) is 10.7. The Labute approximate surface area is 161 Å². The van der Waals surface area contributed by atoms with E-state index in [2.05, 4.69) is 24.8 Å². The van der Waals surface area contributed by atoms with Gasteiger partial charge in [0, 0.05) is 18.2 Å². The van der Waals surface area contributed by atoms with Crippen LogP contribution in [0.1, 0.15) is 23.7 Å². The molecule has 2 atom stereocenters. The van der Waals surface area contributed by atoms with Crippen LogP contribution in [0.4, 0.5) is 5.69 Å². The number of nitrogens with one attached hydrogen (secondary N) is 2. The summed E-state index contributed by atoms with van der Waals surface area (Å²) in [7, 11) is 3.28. The van der Waals surface area contributed by atoms with E-state index in [0.29, 0.717) is 5.69 Å². The molecular formula is C18H22N2O8. The van der Waals surface area contributed by atoms with Gasteiger partial charge in [-0.15, -0.1) is 0 Å². The molecule has 0 saturated heterocycles. The normalized spacial score (nSPS) is 12.1. The smallest absolute Gasteiger partial charge is 0.329 e. The molecule has 1 aromatic carbocycles. The van der Waals surface area contributed by atoms with Crippen molar-refractivity contribution in [2.45, 2.75) is 19.4 Å². The Bertz CT molecular complexity index is 762. The SMILES string of the molecule is COC(=O)C[C@@H](C(=O)OC)[C@@H](NC(=O)c1cccc(NC(C)=O)c1)C(=O)OC. The van der Waals surface area contributed by atoms with Gasteiger partial charge < -0.3 is 24.8 Å². The number of esters is 3. The van der Waals surface area contributed by atoms with Crippen molar-refractivity contribution in [3.05, 3.63) is 29.8 Å². The molecule has 0 fully saturated rings. The number of hydrogen-bond acceptors (Lipinski definition) is 8. The van der Waals surface area contributed by atoms with Crippen molar-refractivity contribution in [2.24, 2.45) is 5.92 Å². The average molecular weight is 394 g/mol. The van der Waals surface area contributed by atoms with E-state index < -0.39 is 42.2 Å². The summed E-state index contributed by atoms with van der Waals surface area (Å²) in [5.41, 5.74) is 0.482. The summed E-state index contributed by atoms with van der Waals surface area (Å²) in [6.07, 6.45) is -0.505. The third-order valence-corrected chi connectivity index (χ3v) is 3.71. The quantitative estimate of drug-likeness (QED) is 0.473. The van der Waals surface area contributed by atoms with Gasteiger partial charge in [-0.2, -0.15) is 0 Å². The third kappa shape index (κ3) is 6.38. The number of anilines is 1. The Kier molecular flexibility index (Phi) is 8.60. The van der Waals surface area contributed by atoms with Crippen LogP contribution in [0.5, 0.6) is 0 Å². The maximum Gasteiger partial charge on any atom is 0.329 e. The molecule has 0 bridgehead atoms. The molecule has 0 aromatic heterocycles. The van der Waals surface area contributed by atoms with Gasteiger partial charge in [0.05, 0.1) is 33.7 Å². The molecule has 0 aliphatic carbocycles. The van der Waals surface area contributed by atoms with Crippen molar-refractivity contribution in [2.75, 3.05) is 26.6 Å². The number of benzene rings is 1. The van der Waals surface area contributed by atoms with Crippen molar-refractivity contribution in [3.63, 3.8) is 0 Å². The number of hydrogen-bond donors (Lipinski definition) is 2. The van der Waals surface area contributed by atoms with Gasteiger partial charge >= 0.3 is 17.9 Å². The fourth-order valence-corrected chi connectivity index (χ4v) is 2.37. The summed E-state index contributed by atoms with van der Waals surface area (Å²) in [5.74, 6) is -5.01. The van der Waals surface area contributed by atoms with Crippen molar-refractivity contribution in [3.8, 4) is 0 Å². The maximum atomic E-state index is 12.6. The Morgan fingerprint density at radius 1 is 0.964 bits per heavy atom. The Balaban J connectivity index is 3.14. The van der Waals surface area contributed by atoms with E-state index in [0.717, 1.165) is 21.3 Å². The van der Waals surface area contributed by atoms with E-state index in [1.54, 1.807) is 6.07 Å². The largest absolute Gasteiger partial charge is 0.469 e. The maximum absolute atomic E-state index is 12.6. The van der Waals surface area contributed by atoms with Crippen LogP contribution in [0.3, 0.4) is 0 Å². The molecule has 0 unspecified atom stereocenters. The van der Waals surface area contributed by atoms with Gasteiger partial charge in [0.2, 0.25) is 5.91 Å². The summed E-state index contributed by atoms with van der Waals surface area (Å²) in [5, 5.41) is 4.90. The highest BCUT2D eigenvalue weighted by atomic mass is 16.5. The van der Waals surface area contributed by atoms with Gasteiger partial charge in [-0.1, -0.05) is 6.07 Å². The van der Waals surface area contributed by atoms with Crippen molar-refractivity contribution < 1.29 is 38.2 Å². The Morgan fingerprint density at radius 3 is 2.14 bits per heavy atom. The van der Waals surface area contributed by atoms with E-state index >= 15 is 0 Å². The lowest BCUT2D eigenvalue weighted by atomic mass is 9.95. The first-order valence-electron chi connectivity index (χ1n) is 8.14. The molecule has 10 nitrogen and oxygen atoms in total. The molecule has 0 saturated carbocycles. The van der Waals surface area contributed by atoms with Gasteiger partial charge in [0.15, 0.2) is 0 Å².